The van der Waals surface area contributed by atoms with E-state index in [0.717, 1.165) is 25.2 Å². The molecule has 4 N–H and O–H groups in total. The van der Waals surface area contributed by atoms with Crippen LogP contribution < -0.4 is 5.73 Å². The van der Waals surface area contributed by atoms with E-state index in [1.165, 1.54) is 58.0 Å². The summed E-state index contributed by atoms with van der Waals surface area (Å²) in [6.07, 6.45) is 11.5. The molecule has 1 aliphatic heterocycles. The van der Waals surface area contributed by atoms with Gasteiger partial charge in [0.05, 0.1) is 12.2 Å². The van der Waals surface area contributed by atoms with Crippen molar-refractivity contribution in [2.75, 3.05) is 13.1 Å². The molecule has 0 radical (unpaired) electrons. The zero-order valence-corrected chi connectivity index (χ0v) is 18.0. The molecular formula is C24H42N2O2. The van der Waals surface area contributed by atoms with E-state index in [0.29, 0.717) is 23.8 Å². The van der Waals surface area contributed by atoms with Gasteiger partial charge < -0.3 is 15.9 Å². The molecule has 5 aliphatic rings. The quantitative estimate of drug-likeness (QED) is 0.643. The molecule has 0 spiro atoms. The van der Waals surface area contributed by atoms with Crippen molar-refractivity contribution in [1.82, 2.24) is 4.90 Å². The van der Waals surface area contributed by atoms with Gasteiger partial charge in [-0.2, -0.15) is 0 Å². The van der Waals surface area contributed by atoms with E-state index in [9.17, 15) is 10.2 Å². The van der Waals surface area contributed by atoms with E-state index in [-0.39, 0.29) is 29.1 Å². The molecule has 4 saturated carbocycles. The number of fused-ring (bicyclic) bond motifs is 5. The first-order valence-corrected chi connectivity index (χ1v) is 12.2. The van der Waals surface area contributed by atoms with Gasteiger partial charge in [0.15, 0.2) is 0 Å². The van der Waals surface area contributed by atoms with Crippen molar-refractivity contribution in [2.45, 2.75) is 102 Å². The summed E-state index contributed by atoms with van der Waals surface area (Å²) in [5.41, 5.74) is 6.59. The van der Waals surface area contributed by atoms with Gasteiger partial charge in [-0.25, -0.2) is 0 Å². The van der Waals surface area contributed by atoms with Gasteiger partial charge in [0.2, 0.25) is 0 Å². The maximum atomic E-state index is 11.5. The van der Waals surface area contributed by atoms with E-state index >= 15 is 0 Å². The number of hydrogen-bond donors (Lipinski definition) is 3. The Kier molecular flexibility index (Phi) is 4.90. The van der Waals surface area contributed by atoms with Gasteiger partial charge in [0, 0.05) is 12.1 Å². The molecule has 0 aromatic heterocycles. The largest absolute Gasteiger partial charge is 0.391 e. The normalized spacial score (nSPS) is 57.3. The highest BCUT2D eigenvalue weighted by Gasteiger charge is 2.63. The summed E-state index contributed by atoms with van der Waals surface area (Å²) in [7, 11) is 0. The molecule has 5 fully saturated rings. The van der Waals surface area contributed by atoms with Crippen LogP contribution in [0, 0.1) is 34.5 Å². The van der Waals surface area contributed by atoms with Crippen LogP contribution in [0.1, 0.15) is 78.1 Å². The number of nitrogens with zero attached hydrogens (tertiary/aromatic N) is 1. The lowest BCUT2D eigenvalue weighted by Crippen LogP contribution is -2.58. The lowest BCUT2D eigenvalue weighted by atomic mass is 9.44. The molecular weight excluding hydrogens is 348 g/mol. The van der Waals surface area contributed by atoms with E-state index < -0.39 is 0 Å². The van der Waals surface area contributed by atoms with Crippen LogP contribution >= 0.6 is 0 Å². The molecule has 4 heteroatoms. The molecule has 0 aromatic rings. The van der Waals surface area contributed by atoms with Gasteiger partial charge in [-0.3, -0.25) is 4.90 Å². The Labute approximate surface area is 171 Å². The Morgan fingerprint density at radius 3 is 2.39 bits per heavy atom. The van der Waals surface area contributed by atoms with Gasteiger partial charge in [-0.05, 0) is 105 Å². The van der Waals surface area contributed by atoms with Crippen molar-refractivity contribution in [2.24, 2.45) is 40.2 Å². The van der Waals surface area contributed by atoms with E-state index in [1.54, 1.807) is 0 Å². The Morgan fingerprint density at radius 1 is 0.893 bits per heavy atom. The predicted molar refractivity (Wildman–Crippen MR) is 112 cm³/mol. The number of rotatable bonds is 1. The van der Waals surface area contributed by atoms with Crippen LogP contribution in [-0.2, 0) is 0 Å². The summed E-state index contributed by atoms with van der Waals surface area (Å²) < 4.78 is 0. The van der Waals surface area contributed by atoms with Crippen LogP contribution in [0.3, 0.4) is 0 Å². The maximum absolute atomic E-state index is 11.5. The number of piperidine rings is 1. The zero-order chi connectivity index (χ0) is 19.7. The molecule has 1 saturated heterocycles. The SMILES string of the molecule is C[C@]12C[C@H](O)[C@@H](N)C[C@@H]1CC[C@@H]1[C@@H]2CC[C@]2(C)[C@@H](O)[C@@H](N3CCCCC3)C[C@@H]12. The van der Waals surface area contributed by atoms with Gasteiger partial charge in [-0.15, -0.1) is 0 Å². The fraction of sp³-hybridized carbons (Fsp3) is 1.00. The second kappa shape index (κ2) is 6.93. The van der Waals surface area contributed by atoms with Crippen LogP contribution in [0.15, 0.2) is 0 Å². The van der Waals surface area contributed by atoms with Gasteiger partial charge in [0.25, 0.3) is 0 Å². The fourth-order valence-corrected chi connectivity index (χ4v) is 8.91. The summed E-state index contributed by atoms with van der Waals surface area (Å²) in [5, 5.41) is 22.1. The Bertz CT molecular complexity index is 593. The second-order valence-corrected chi connectivity index (χ2v) is 11.7. The number of nitrogens with two attached hydrogens (primary N) is 1. The smallest absolute Gasteiger partial charge is 0.0751 e. The monoisotopic (exact) mass is 390 g/mol. The molecule has 4 aliphatic carbocycles. The molecule has 1 heterocycles. The first-order valence-electron chi connectivity index (χ1n) is 12.2. The molecule has 0 amide bonds. The standard InChI is InChI=1S/C24H42N2O2/c1-23-9-8-17-16(7-6-15-12-19(25)21(27)14-24(15,17)2)18(23)13-20(22(23)28)26-10-4-3-5-11-26/h15-22,27-28H,3-14,25H2,1-2H3/t15-,16+,17-,18-,19-,20-,21-,22-,23-,24-/m0/s1. The molecule has 0 bridgehead atoms. The third kappa shape index (κ3) is 2.77. The lowest BCUT2D eigenvalue weighted by Gasteiger charge is -2.61. The minimum Gasteiger partial charge on any atom is -0.391 e. The van der Waals surface area contributed by atoms with Crippen LogP contribution in [0.4, 0.5) is 0 Å². The summed E-state index contributed by atoms with van der Waals surface area (Å²) in [6.45, 7) is 7.24. The van der Waals surface area contributed by atoms with Gasteiger partial charge in [0.1, 0.15) is 0 Å². The molecule has 28 heavy (non-hydrogen) atoms. The van der Waals surface area contributed by atoms with E-state index in [1.807, 2.05) is 0 Å². The number of likely N-dealkylation sites (tertiary alicyclic amines) is 1. The molecule has 0 unspecified atom stereocenters. The van der Waals surface area contributed by atoms with Crippen molar-refractivity contribution in [3.05, 3.63) is 0 Å². The van der Waals surface area contributed by atoms with Crippen molar-refractivity contribution in [3.63, 3.8) is 0 Å². The summed E-state index contributed by atoms with van der Waals surface area (Å²) >= 11 is 0. The van der Waals surface area contributed by atoms with Crippen molar-refractivity contribution >= 4 is 0 Å². The summed E-state index contributed by atoms with van der Waals surface area (Å²) in [5.74, 6) is 2.77. The lowest BCUT2D eigenvalue weighted by molar-refractivity contribution is -0.141. The maximum Gasteiger partial charge on any atom is 0.0751 e. The minimum absolute atomic E-state index is 0.0275. The highest BCUT2D eigenvalue weighted by Crippen LogP contribution is 2.66. The molecule has 10 atom stereocenters. The highest BCUT2D eigenvalue weighted by molar-refractivity contribution is 5.13. The van der Waals surface area contributed by atoms with Crippen LogP contribution in [0.2, 0.25) is 0 Å². The molecule has 5 rings (SSSR count). The van der Waals surface area contributed by atoms with Crippen molar-refractivity contribution in [1.29, 1.82) is 0 Å². The molecule has 160 valence electrons. The minimum atomic E-state index is -0.330. The van der Waals surface area contributed by atoms with Gasteiger partial charge in [-0.1, -0.05) is 20.3 Å². The van der Waals surface area contributed by atoms with E-state index in [4.69, 9.17) is 5.73 Å². The van der Waals surface area contributed by atoms with E-state index in [2.05, 4.69) is 18.7 Å². The average Bonchev–Trinajstić information content (AvgIpc) is 2.95. The summed E-state index contributed by atoms with van der Waals surface area (Å²) in [6, 6.07) is 0.352. The van der Waals surface area contributed by atoms with Crippen LogP contribution in [0.5, 0.6) is 0 Å². The zero-order valence-electron chi connectivity index (χ0n) is 18.0. The van der Waals surface area contributed by atoms with Crippen LogP contribution in [-0.4, -0.2) is 52.5 Å². The van der Waals surface area contributed by atoms with Crippen molar-refractivity contribution < 1.29 is 10.2 Å². The molecule has 0 aromatic carbocycles. The number of aliphatic hydroxyl groups is 2. The summed E-state index contributed by atoms with van der Waals surface area (Å²) in [4.78, 5) is 2.63. The highest BCUT2D eigenvalue weighted by atomic mass is 16.3. The topological polar surface area (TPSA) is 69.7 Å². The Morgan fingerprint density at radius 2 is 1.64 bits per heavy atom. The first-order chi connectivity index (χ1) is 13.3. The number of aliphatic hydroxyl groups excluding tert-OH is 2. The Hall–Kier alpha value is -0.160. The third-order valence-corrected chi connectivity index (χ3v) is 10.6. The number of hydrogen-bond acceptors (Lipinski definition) is 4. The Balaban J connectivity index is 1.40. The van der Waals surface area contributed by atoms with Crippen LogP contribution in [0.25, 0.3) is 0 Å². The third-order valence-electron chi connectivity index (χ3n) is 10.6. The first kappa shape index (κ1) is 19.8. The fourth-order valence-electron chi connectivity index (χ4n) is 8.91. The predicted octanol–water partition coefficient (Wildman–Crippen LogP) is 3.15. The van der Waals surface area contributed by atoms with Crippen molar-refractivity contribution in [3.8, 4) is 0 Å². The average molecular weight is 391 g/mol. The van der Waals surface area contributed by atoms with Gasteiger partial charge >= 0.3 is 0 Å². The molecule has 4 nitrogen and oxygen atoms in total. The second-order valence-electron chi connectivity index (χ2n) is 11.7.